The smallest absolute Gasteiger partial charge is 0.231 e. The average molecular weight is 307 g/mol. The molecule has 7 heteroatoms. The van der Waals surface area contributed by atoms with Crippen LogP contribution >= 0.6 is 15.9 Å². The number of ether oxygens (including phenoxy) is 1. The molecule has 1 aromatic heterocycles. The predicted molar refractivity (Wildman–Crippen MR) is 64.1 cm³/mol. The van der Waals surface area contributed by atoms with Gasteiger partial charge in [0.1, 0.15) is 0 Å². The van der Waals surface area contributed by atoms with Crippen molar-refractivity contribution < 1.29 is 13.2 Å². The lowest BCUT2D eigenvalue weighted by atomic mass is 10.4. The van der Waals surface area contributed by atoms with Crippen LogP contribution in [0.3, 0.4) is 0 Å². The second-order valence-electron chi connectivity index (χ2n) is 3.66. The molecule has 0 radical (unpaired) electrons. The number of rotatable bonds is 4. The first-order valence-electron chi connectivity index (χ1n) is 4.74. The van der Waals surface area contributed by atoms with E-state index in [0.717, 1.165) is 19.1 Å². The number of nitrogens with zero attached hydrogens (tertiary/aromatic N) is 1. The van der Waals surface area contributed by atoms with Crippen LogP contribution < -0.4 is 9.46 Å². The molecule has 1 fully saturated rings. The van der Waals surface area contributed by atoms with Crippen LogP contribution in [0.15, 0.2) is 16.7 Å². The lowest BCUT2D eigenvalue weighted by molar-refractivity contribution is 0.302. The average Bonchev–Trinajstić information content (AvgIpc) is 2.92. The Morgan fingerprint density at radius 1 is 1.56 bits per heavy atom. The van der Waals surface area contributed by atoms with Gasteiger partial charge in [0.05, 0.1) is 16.8 Å². The van der Waals surface area contributed by atoms with Gasteiger partial charge < -0.3 is 4.74 Å². The minimum absolute atomic E-state index is 0.181. The van der Waals surface area contributed by atoms with Crippen LogP contribution in [0.5, 0.6) is 5.75 Å². The fraction of sp³-hybridized carbons (Fsp3) is 0.444. The predicted octanol–water partition coefficient (Wildman–Crippen LogP) is 1.76. The molecule has 1 aliphatic carbocycles. The van der Waals surface area contributed by atoms with Crippen molar-refractivity contribution in [1.82, 2.24) is 4.98 Å². The van der Waals surface area contributed by atoms with Crippen LogP contribution in [0.4, 0.5) is 5.82 Å². The number of anilines is 1. The van der Waals surface area contributed by atoms with Crippen LogP contribution in [-0.2, 0) is 10.0 Å². The molecule has 0 atom stereocenters. The van der Waals surface area contributed by atoms with Crippen molar-refractivity contribution in [1.29, 1.82) is 0 Å². The van der Waals surface area contributed by atoms with Crippen molar-refractivity contribution in [2.45, 2.75) is 18.9 Å². The Kier molecular flexibility index (Phi) is 3.07. The van der Waals surface area contributed by atoms with Crippen LogP contribution in [0, 0.1) is 0 Å². The first-order valence-corrected chi connectivity index (χ1v) is 7.43. The Hall–Kier alpha value is -0.820. The number of nitrogens with one attached hydrogen (secondary N) is 1. The monoisotopic (exact) mass is 306 g/mol. The maximum atomic E-state index is 11.1. The molecule has 1 N–H and O–H groups in total. The van der Waals surface area contributed by atoms with E-state index in [1.807, 2.05) is 0 Å². The van der Waals surface area contributed by atoms with E-state index in [-0.39, 0.29) is 11.9 Å². The summed E-state index contributed by atoms with van der Waals surface area (Å²) >= 11 is 3.31. The molecule has 0 aromatic carbocycles. The molecule has 88 valence electrons. The number of pyridine rings is 1. The summed E-state index contributed by atoms with van der Waals surface area (Å²) in [4.78, 5) is 3.96. The number of hydrogen-bond acceptors (Lipinski definition) is 4. The molecule has 1 saturated carbocycles. The Labute approximate surface area is 102 Å². The highest BCUT2D eigenvalue weighted by Gasteiger charge is 2.26. The Bertz CT molecular complexity index is 499. The standard InChI is InChI=1S/C9H11BrN2O3S/c1-16(13,14)12-9-8(15-6-2-3-6)7(10)4-5-11-9/h4-6H,2-3H2,1H3,(H,11,12). The molecule has 0 spiro atoms. The van der Waals surface area contributed by atoms with E-state index in [1.54, 1.807) is 6.07 Å². The van der Waals surface area contributed by atoms with Gasteiger partial charge in [-0.15, -0.1) is 0 Å². The Morgan fingerprint density at radius 2 is 2.25 bits per heavy atom. The first kappa shape index (κ1) is 11.7. The topological polar surface area (TPSA) is 68.3 Å². The fourth-order valence-corrected chi connectivity index (χ4v) is 2.03. The van der Waals surface area contributed by atoms with E-state index in [4.69, 9.17) is 4.74 Å². The van der Waals surface area contributed by atoms with Crippen LogP contribution in [0.1, 0.15) is 12.8 Å². The highest BCUT2D eigenvalue weighted by Crippen LogP contribution is 2.36. The van der Waals surface area contributed by atoms with Crippen molar-refractivity contribution in [2.24, 2.45) is 0 Å². The largest absolute Gasteiger partial charge is 0.485 e. The molecule has 0 aliphatic heterocycles. The van der Waals surface area contributed by atoms with Gasteiger partial charge in [0.15, 0.2) is 11.6 Å². The minimum Gasteiger partial charge on any atom is -0.485 e. The summed E-state index contributed by atoms with van der Waals surface area (Å²) in [5.74, 6) is 0.680. The van der Waals surface area contributed by atoms with Crippen molar-refractivity contribution in [3.05, 3.63) is 16.7 Å². The number of halogens is 1. The molecule has 1 heterocycles. The minimum atomic E-state index is -3.35. The van der Waals surface area contributed by atoms with Crippen molar-refractivity contribution in [2.75, 3.05) is 11.0 Å². The van der Waals surface area contributed by atoms with Gasteiger partial charge in [0.2, 0.25) is 10.0 Å². The quantitative estimate of drug-likeness (QED) is 0.920. The normalized spacial score (nSPS) is 15.9. The molecule has 2 rings (SSSR count). The zero-order valence-electron chi connectivity index (χ0n) is 8.60. The summed E-state index contributed by atoms with van der Waals surface area (Å²) in [6, 6.07) is 1.71. The van der Waals surface area contributed by atoms with Crippen LogP contribution in [0.25, 0.3) is 0 Å². The second-order valence-corrected chi connectivity index (χ2v) is 6.26. The maximum absolute atomic E-state index is 11.1. The third-order valence-corrected chi connectivity index (χ3v) is 3.14. The highest BCUT2D eigenvalue weighted by atomic mass is 79.9. The molecule has 1 aromatic rings. The lowest BCUT2D eigenvalue weighted by Gasteiger charge is -2.11. The van der Waals surface area contributed by atoms with Gasteiger partial charge in [0, 0.05) is 6.20 Å². The van der Waals surface area contributed by atoms with E-state index in [9.17, 15) is 8.42 Å². The van der Waals surface area contributed by atoms with Gasteiger partial charge in [-0.2, -0.15) is 0 Å². The van der Waals surface area contributed by atoms with Crippen LogP contribution in [0.2, 0.25) is 0 Å². The summed E-state index contributed by atoms with van der Waals surface area (Å²) in [7, 11) is -3.35. The summed E-state index contributed by atoms with van der Waals surface area (Å²) in [5.41, 5.74) is 0. The lowest BCUT2D eigenvalue weighted by Crippen LogP contribution is -2.13. The molecule has 0 saturated heterocycles. The maximum Gasteiger partial charge on any atom is 0.231 e. The van der Waals surface area contributed by atoms with Gasteiger partial charge in [0.25, 0.3) is 0 Å². The zero-order chi connectivity index (χ0) is 11.8. The number of hydrogen-bond donors (Lipinski definition) is 1. The molecule has 5 nitrogen and oxygen atoms in total. The summed E-state index contributed by atoms with van der Waals surface area (Å²) in [6.07, 6.45) is 4.77. The molecular weight excluding hydrogens is 296 g/mol. The van der Waals surface area contributed by atoms with Gasteiger partial charge in [-0.3, -0.25) is 4.72 Å². The molecule has 0 bridgehead atoms. The molecule has 16 heavy (non-hydrogen) atoms. The van der Waals surface area contributed by atoms with E-state index in [1.165, 1.54) is 6.20 Å². The summed E-state index contributed by atoms with van der Waals surface area (Å²) in [6.45, 7) is 0. The molecule has 1 aliphatic rings. The van der Waals surface area contributed by atoms with E-state index >= 15 is 0 Å². The van der Waals surface area contributed by atoms with Crippen molar-refractivity contribution >= 4 is 31.8 Å². The van der Waals surface area contributed by atoms with Gasteiger partial charge in [-0.1, -0.05) is 0 Å². The fourth-order valence-electron chi connectivity index (χ4n) is 1.14. The molecule has 0 unspecified atom stereocenters. The Morgan fingerprint density at radius 3 is 2.81 bits per heavy atom. The molecular formula is C9H11BrN2O3S. The SMILES string of the molecule is CS(=O)(=O)Nc1nccc(Br)c1OC1CC1. The van der Waals surface area contributed by atoms with E-state index in [0.29, 0.717) is 10.2 Å². The Balaban J connectivity index is 2.31. The third kappa shape index (κ3) is 3.08. The summed E-state index contributed by atoms with van der Waals surface area (Å²) < 4.78 is 30.9. The third-order valence-electron chi connectivity index (χ3n) is 1.95. The van der Waals surface area contributed by atoms with Gasteiger partial charge in [-0.25, -0.2) is 13.4 Å². The van der Waals surface area contributed by atoms with Crippen molar-refractivity contribution in [3.8, 4) is 5.75 Å². The first-order chi connectivity index (χ1) is 7.46. The molecule has 0 amide bonds. The number of aromatic nitrogens is 1. The van der Waals surface area contributed by atoms with Gasteiger partial charge in [-0.05, 0) is 34.8 Å². The van der Waals surface area contributed by atoms with E-state index < -0.39 is 10.0 Å². The van der Waals surface area contributed by atoms with Crippen LogP contribution in [-0.4, -0.2) is 25.8 Å². The second kappa shape index (κ2) is 4.21. The van der Waals surface area contributed by atoms with Gasteiger partial charge >= 0.3 is 0 Å². The number of sulfonamides is 1. The summed E-state index contributed by atoms with van der Waals surface area (Å²) in [5, 5.41) is 0. The highest BCUT2D eigenvalue weighted by molar-refractivity contribution is 9.10. The van der Waals surface area contributed by atoms with E-state index in [2.05, 4.69) is 25.6 Å². The zero-order valence-corrected chi connectivity index (χ0v) is 11.0. The van der Waals surface area contributed by atoms with Crippen molar-refractivity contribution in [3.63, 3.8) is 0 Å².